The Balaban J connectivity index is 1.14. The largest absolute Gasteiger partial charge is 0.309 e. The molecule has 0 atom stereocenters. The average molecular weight is 709 g/mol. The van der Waals surface area contributed by atoms with Crippen LogP contribution in [-0.4, -0.2) is 15.0 Å². The van der Waals surface area contributed by atoms with Crippen LogP contribution < -0.4 is 4.90 Å². The Bertz CT molecular complexity index is 2750. The Morgan fingerprint density at radius 1 is 0.370 bits per heavy atom. The van der Waals surface area contributed by atoms with E-state index in [9.17, 15) is 0 Å². The van der Waals surface area contributed by atoms with Crippen molar-refractivity contribution in [1.29, 1.82) is 0 Å². The lowest BCUT2D eigenvalue weighted by molar-refractivity contribution is 1.08. The fraction of sp³-hybridized carbons (Fsp3) is 0. The number of benzene rings is 8. The monoisotopic (exact) mass is 708 g/mol. The van der Waals surface area contributed by atoms with Gasteiger partial charge in [-0.3, -0.25) is 0 Å². The SMILES string of the molecule is c1ccc(-c2cccc(-c3nc(-c4ccccc4)nc(-c4ccc5c6c(cccc46)-c4cccc(N(c6ccccc6)c6ccccc6)c4S5)n3)c2)cc1. The van der Waals surface area contributed by atoms with E-state index in [0.29, 0.717) is 17.5 Å². The van der Waals surface area contributed by atoms with Crippen molar-refractivity contribution in [1.82, 2.24) is 15.0 Å². The molecular weight excluding hydrogens is 677 g/mol. The molecule has 1 aliphatic heterocycles. The minimum Gasteiger partial charge on any atom is -0.309 e. The van der Waals surface area contributed by atoms with Crippen molar-refractivity contribution < 1.29 is 0 Å². The van der Waals surface area contributed by atoms with Crippen LogP contribution in [0.2, 0.25) is 0 Å². The van der Waals surface area contributed by atoms with Crippen LogP contribution in [0.4, 0.5) is 17.1 Å². The first-order valence-corrected chi connectivity index (χ1v) is 18.9. The van der Waals surface area contributed by atoms with Gasteiger partial charge in [0.15, 0.2) is 17.5 Å². The molecule has 0 bridgehead atoms. The number of fused-ring (bicyclic) bond motifs is 2. The van der Waals surface area contributed by atoms with Gasteiger partial charge in [-0.2, -0.15) is 0 Å². The van der Waals surface area contributed by atoms with Crippen LogP contribution in [0, 0.1) is 0 Å². The lowest BCUT2D eigenvalue weighted by atomic mass is 9.94. The number of hydrogen-bond acceptors (Lipinski definition) is 5. The molecular formula is C49H32N4S. The van der Waals surface area contributed by atoms with E-state index in [0.717, 1.165) is 50.3 Å². The van der Waals surface area contributed by atoms with Crippen molar-refractivity contribution in [3.8, 4) is 56.4 Å². The molecule has 10 rings (SSSR count). The van der Waals surface area contributed by atoms with Crippen LogP contribution in [0.25, 0.3) is 67.2 Å². The van der Waals surface area contributed by atoms with Gasteiger partial charge in [0.1, 0.15) is 0 Å². The summed E-state index contributed by atoms with van der Waals surface area (Å²) in [6.45, 7) is 0. The molecule has 0 N–H and O–H groups in total. The third-order valence-electron chi connectivity index (χ3n) is 9.90. The van der Waals surface area contributed by atoms with Gasteiger partial charge in [0.25, 0.3) is 0 Å². The normalized spacial score (nSPS) is 11.6. The molecule has 0 unspecified atom stereocenters. The molecule has 9 aromatic rings. The van der Waals surface area contributed by atoms with Crippen molar-refractivity contribution >= 4 is 39.6 Å². The predicted octanol–water partition coefficient (Wildman–Crippen LogP) is 13.3. The van der Waals surface area contributed by atoms with Crippen LogP contribution >= 0.6 is 11.8 Å². The van der Waals surface area contributed by atoms with E-state index in [1.165, 1.54) is 26.3 Å². The van der Waals surface area contributed by atoms with E-state index in [2.05, 4.69) is 175 Å². The molecule has 0 saturated heterocycles. The summed E-state index contributed by atoms with van der Waals surface area (Å²) in [7, 11) is 0. The fourth-order valence-electron chi connectivity index (χ4n) is 7.40. The predicted molar refractivity (Wildman–Crippen MR) is 223 cm³/mol. The van der Waals surface area contributed by atoms with Gasteiger partial charge < -0.3 is 4.90 Å². The molecule has 0 radical (unpaired) electrons. The van der Waals surface area contributed by atoms with E-state index >= 15 is 0 Å². The summed E-state index contributed by atoms with van der Waals surface area (Å²) in [5, 5.41) is 2.33. The van der Waals surface area contributed by atoms with Crippen molar-refractivity contribution in [2.75, 3.05) is 4.90 Å². The quantitative estimate of drug-likeness (QED) is 0.165. The van der Waals surface area contributed by atoms with E-state index in [4.69, 9.17) is 15.0 Å². The highest BCUT2D eigenvalue weighted by molar-refractivity contribution is 8.00. The van der Waals surface area contributed by atoms with Gasteiger partial charge in [-0.05, 0) is 76.2 Å². The molecule has 0 spiro atoms. The topological polar surface area (TPSA) is 41.9 Å². The van der Waals surface area contributed by atoms with Crippen molar-refractivity contribution in [3.63, 3.8) is 0 Å². The van der Waals surface area contributed by atoms with Gasteiger partial charge in [0.05, 0.1) is 5.69 Å². The lowest BCUT2D eigenvalue weighted by Crippen LogP contribution is -2.11. The molecule has 5 heteroatoms. The molecule has 0 saturated carbocycles. The highest BCUT2D eigenvalue weighted by atomic mass is 32.2. The van der Waals surface area contributed by atoms with Crippen LogP contribution in [0.3, 0.4) is 0 Å². The molecule has 0 aliphatic carbocycles. The van der Waals surface area contributed by atoms with Crippen molar-refractivity contribution in [2.45, 2.75) is 9.79 Å². The molecule has 54 heavy (non-hydrogen) atoms. The summed E-state index contributed by atoms with van der Waals surface area (Å²) in [4.78, 5) is 20.2. The summed E-state index contributed by atoms with van der Waals surface area (Å²) < 4.78 is 0. The van der Waals surface area contributed by atoms with Gasteiger partial charge >= 0.3 is 0 Å². The number of anilines is 3. The molecule has 8 aromatic carbocycles. The minimum atomic E-state index is 0.642. The van der Waals surface area contributed by atoms with Gasteiger partial charge in [-0.1, -0.05) is 157 Å². The summed E-state index contributed by atoms with van der Waals surface area (Å²) >= 11 is 1.83. The highest BCUT2D eigenvalue weighted by Gasteiger charge is 2.26. The van der Waals surface area contributed by atoms with Crippen LogP contribution in [0.15, 0.2) is 204 Å². The summed E-state index contributed by atoms with van der Waals surface area (Å²) in [6.07, 6.45) is 0. The first-order valence-electron chi connectivity index (χ1n) is 18.0. The number of para-hydroxylation sites is 2. The molecule has 1 aromatic heterocycles. The van der Waals surface area contributed by atoms with Crippen molar-refractivity contribution in [2.24, 2.45) is 0 Å². The maximum absolute atomic E-state index is 5.20. The number of hydrogen-bond donors (Lipinski definition) is 0. The molecule has 1 aliphatic rings. The Hall–Kier alpha value is -6.82. The third kappa shape index (κ3) is 5.72. The molecule has 254 valence electrons. The summed E-state index contributed by atoms with van der Waals surface area (Å²) in [5.41, 5.74) is 10.9. The smallest absolute Gasteiger partial charge is 0.164 e. The Kier molecular flexibility index (Phi) is 8.04. The molecule has 4 nitrogen and oxygen atoms in total. The second-order valence-corrected chi connectivity index (χ2v) is 14.3. The van der Waals surface area contributed by atoms with Gasteiger partial charge in [0.2, 0.25) is 0 Å². The Morgan fingerprint density at radius 2 is 0.907 bits per heavy atom. The van der Waals surface area contributed by atoms with Crippen LogP contribution in [0.5, 0.6) is 0 Å². The molecule has 0 fully saturated rings. The van der Waals surface area contributed by atoms with E-state index < -0.39 is 0 Å². The first kappa shape index (κ1) is 31.9. The Labute approximate surface area is 318 Å². The zero-order chi connectivity index (χ0) is 35.8. The van der Waals surface area contributed by atoms with Crippen LogP contribution in [0.1, 0.15) is 0 Å². The lowest BCUT2D eigenvalue weighted by Gasteiger charge is -2.30. The standard InChI is InChI=1S/C49H32N4S/c1-5-16-33(17-6-1)35-20-13-21-36(32-35)48-50-47(34-18-7-2-8-19-34)51-49(52-48)42-30-31-44-45-39(26-14-27-40(42)45)41-28-15-29-43(46(41)54-44)53(37-22-9-3-10-23-37)38-24-11-4-12-25-38/h1-32H. The molecule has 2 heterocycles. The second kappa shape index (κ2) is 13.6. The van der Waals surface area contributed by atoms with E-state index in [-0.39, 0.29) is 0 Å². The van der Waals surface area contributed by atoms with E-state index in [1.807, 2.05) is 36.0 Å². The van der Waals surface area contributed by atoms with Crippen molar-refractivity contribution in [3.05, 3.63) is 194 Å². The minimum absolute atomic E-state index is 0.642. The zero-order valence-electron chi connectivity index (χ0n) is 29.2. The average Bonchev–Trinajstić information content (AvgIpc) is 3.25. The third-order valence-corrected chi connectivity index (χ3v) is 11.1. The number of aromatic nitrogens is 3. The maximum atomic E-state index is 5.20. The maximum Gasteiger partial charge on any atom is 0.164 e. The fourth-order valence-corrected chi connectivity index (χ4v) is 8.63. The van der Waals surface area contributed by atoms with Gasteiger partial charge in [0, 0.05) is 43.2 Å². The zero-order valence-corrected chi connectivity index (χ0v) is 30.0. The van der Waals surface area contributed by atoms with Crippen LogP contribution in [-0.2, 0) is 0 Å². The van der Waals surface area contributed by atoms with E-state index in [1.54, 1.807) is 0 Å². The summed E-state index contributed by atoms with van der Waals surface area (Å²) in [6, 6.07) is 68.0. The highest BCUT2D eigenvalue weighted by Crippen LogP contribution is 2.54. The van der Waals surface area contributed by atoms with Gasteiger partial charge in [-0.15, -0.1) is 0 Å². The Morgan fingerprint density at radius 3 is 1.61 bits per heavy atom. The molecule has 0 amide bonds. The van der Waals surface area contributed by atoms with Gasteiger partial charge in [-0.25, -0.2) is 15.0 Å². The number of nitrogens with zero attached hydrogens (tertiary/aromatic N) is 4. The number of rotatable bonds is 7. The first-order chi connectivity index (χ1) is 26.8. The summed E-state index contributed by atoms with van der Waals surface area (Å²) in [5.74, 6) is 1.94. The second-order valence-electron chi connectivity index (χ2n) is 13.2.